The number of hydrogen-bond acceptors (Lipinski definition) is 3. The summed E-state index contributed by atoms with van der Waals surface area (Å²) in [5.41, 5.74) is 9.17. The van der Waals surface area contributed by atoms with Crippen LogP contribution in [0.5, 0.6) is 5.75 Å². The van der Waals surface area contributed by atoms with Crippen LogP contribution in [0.3, 0.4) is 0 Å². The lowest BCUT2D eigenvalue weighted by molar-refractivity contribution is 0.303. The summed E-state index contributed by atoms with van der Waals surface area (Å²) in [7, 11) is 0. The number of hydrogen-bond donors (Lipinski definition) is 1. The van der Waals surface area contributed by atoms with Crippen molar-refractivity contribution in [3.8, 4) is 5.75 Å². The monoisotopic (exact) mass is 233 g/mol. The maximum atomic E-state index is 5.75. The van der Waals surface area contributed by atoms with Gasteiger partial charge in [0.2, 0.25) is 0 Å². The van der Waals surface area contributed by atoms with Crippen LogP contribution in [0.25, 0.3) is 0 Å². The minimum absolute atomic E-state index is 0.515. The highest BCUT2D eigenvalue weighted by Gasteiger charge is 2.03. The molecule has 0 saturated carbocycles. The Labute approximate surface area is 99.7 Å². The Morgan fingerprint density at radius 3 is 2.88 bits per heavy atom. The average molecular weight is 233 g/mol. The van der Waals surface area contributed by atoms with E-state index in [9.17, 15) is 0 Å². The van der Waals surface area contributed by atoms with Gasteiger partial charge in [0.25, 0.3) is 0 Å². The predicted octanol–water partition coefficient (Wildman–Crippen LogP) is 3.09. The summed E-state index contributed by atoms with van der Waals surface area (Å²) in [6.07, 6.45) is 0. The molecule has 0 aliphatic heterocycles. The second kappa shape index (κ2) is 5.14. The zero-order valence-corrected chi connectivity index (χ0v) is 10.1. The molecule has 1 aromatic carbocycles. The molecule has 0 aliphatic carbocycles. The van der Waals surface area contributed by atoms with Crippen molar-refractivity contribution in [2.45, 2.75) is 20.1 Å². The fourth-order valence-electron chi connectivity index (χ4n) is 1.54. The third-order valence-corrected chi connectivity index (χ3v) is 3.14. The first-order valence-electron chi connectivity index (χ1n) is 5.23. The molecular formula is C13H15NOS. The van der Waals surface area contributed by atoms with Crippen LogP contribution < -0.4 is 10.5 Å². The van der Waals surface area contributed by atoms with E-state index in [0.717, 1.165) is 11.3 Å². The Balaban J connectivity index is 2.09. The average Bonchev–Trinajstić information content (AvgIpc) is 2.80. The van der Waals surface area contributed by atoms with Gasteiger partial charge in [-0.1, -0.05) is 17.7 Å². The summed E-state index contributed by atoms with van der Waals surface area (Å²) in [4.78, 5) is 0. The zero-order valence-electron chi connectivity index (χ0n) is 9.27. The topological polar surface area (TPSA) is 35.2 Å². The fourth-order valence-corrected chi connectivity index (χ4v) is 2.20. The minimum Gasteiger partial charge on any atom is -0.489 e. The molecule has 84 valence electrons. The Hall–Kier alpha value is -1.32. The molecule has 0 atom stereocenters. The first-order valence-corrected chi connectivity index (χ1v) is 6.17. The van der Waals surface area contributed by atoms with Gasteiger partial charge in [-0.2, -0.15) is 11.3 Å². The lowest BCUT2D eigenvalue weighted by atomic mass is 10.1. The van der Waals surface area contributed by atoms with Gasteiger partial charge in [-0.15, -0.1) is 0 Å². The second-order valence-corrected chi connectivity index (χ2v) is 4.52. The van der Waals surface area contributed by atoms with Gasteiger partial charge in [0.05, 0.1) is 0 Å². The molecule has 0 radical (unpaired) electrons. The first-order chi connectivity index (χ1) is 7.79. The van der Waals surface area contributed by atoms with E-state index in [2.05, 4.69) is 29.8 Å². The normalized spacial score (nSPS) is 10.4. The molecule has 0 bridgehead atoms. The lowest BCUT2D eigenvalue weighted by Gasteiger charge is -2.10. The third-order valence-electron chi connectivity index (χ3n) is 2.41. The van der Waals surface area contributed by atoms with Crippen LogP contribution in [-0.2, 0) is 13.2 Å². The van der Waals surface area contributed by atoms with E-state index in [1.807, 2.05) is 12.1 Å². The van der Waals surface area contributed by atoms with E-state index < -0.39 is 0 Å². The highest BCUT2D eigenvalue weighted by Crippen LogP contribution is 2.21. The van der Waals surface area contributed by atoms with Crippen LogP contribution in [0.4, 0.5) is 0 Å². The number of ether oxygens (including phenoxy) is 1. The van der Waals surface area contributed by atoms with E-state index >= 15 is 0 Å². The molecule has 0 unspecified atom stereocenters. The Kier molecular flexibility index (Phi) is 3.59. The van der Waals surface area contributed by atoms with Gasteiger partial charge in [0, 0.05) is 12.1 Å². The molecule has 16 heavy (non-hydrogen) atoms. The van der Waals surface area contributed by atoms with Crippen LogP contribution in [0.1, 0.15) is 16.7 Å². The molecular weight excluding hydrogens is 218 g/mol. The summed E-state index contributed by atoms with van der Waals surface area (Å²) in [5.74, 6) is 0.888. The van der Waals surface area contributed by atoms with Crippen molar-refractivity contribution in [2.75, 3.05) is 0 Å². The fraction of sp³-hybridized carbons (Fsp3) is 0.231. The van der Waals surface area contributed by atoms with Gasteiger partial charge in [-0.25, -0.2) is 0 Å². The maximum absolute atomic E-state index is 5.75. The molecule has 0 fully saturated rings. The number of rotatable bonds is 4. The minimum atomic E-state index is 0.515. The van der Waals surface area contributed by atoms with Crippen molar-refractivity contribution >= 4 is 11.3 Å². The highest BCUT2D eigenvalue weighted by atomic mass is 32.1. The second-order valence-electron chi connectivity index (χ2n) is 3.74. The Bertz CT molecular complexity index is 451. The van der Waals surface area contributed by atoms with Crippen molar-refractivity contribution < 1.29 is 4.74 Å². The van der Waals surface area contributed by atoms with Gasteiger partial charge >= 0.3 is 0 Å². The van der Waals surface area contributed by atoms with Crippen molar-refractivity contribution in [1.29, 1.82) is 0 Å². The predicted molar refractivity (Wildman–Crippen MR) is 67.7 cm³/mol. The number of thiophene rings is 1. The van der Waals surface area contributed by atoms with Crippen molar-refractivity contribution in [3.05, 3.63) is 51.7 Å². The summed E-state index contributed by atoms with van der Waals surface area (Å²) in [6.45, 7) is 3.18. The standard InChI is InChI=1S/C13H15NOS/c1-10-2-3-13(12(6-10)7-14)15-8-11-4-5-16-9-11/h2-6,9H,7-8,14H2,1H3. The van der Waals surface area contributed by atoms with E-state index in [1.54, 1.807) is 11.3 Å². The zero-order chi connectivity index (χ0) is 11.4. The van der Waals surface area contributed by atoms with Crippen molar-refractivity contribution in [3.63, 3.8) is 0 Å². The molecule has 0 amide bonds. The van der Waals surface area contributed by atoms with Gasteiger partial charge in [0.15, 0.2) is 0 Å². The van der Waals surface area contributed by atoms with E-state index in [-0.39, 0.29) is 0 Å². The molecule has 2 aromatic rings. The van der Waals surface area contributed by atoms with Crippen LogP contribution in [0.2, 0.25) is 0 Å². The van der Waals surface area contributed by atoms with Gasteiger partial charge in [-0.3, -0.25) is 0 Å². The summed E-state index contributed by atoms with van der Waals surface area (Å²) in [6, 6.07) is 8.18. The molecule has 2 rings (SSSR count). The van der Waals surface area contributed by atoms with Gasteiger partial charge in [0.1, 0.15) is 12.4 Å². The number of benzene rings is 1. The highest BCUT2D eigenvalue weighted by molar-refractivity contribution is 7.07. The molecule has 1 heterocycles. The summed E-state index contributed by atoms with van der Waals surface area (Å²) in [5, 5.41) is 4.15. The van der Waals surface area contributed by atoms with Crippen LogP contribution in [0, 0.1) is 6.92 Å². The molecule has 1 aromatic heterocycles. The van der Waals surface area contributed by atoms with Crippen molar-refractivity contribution in [1.82, 2.24) is 0 Å². The van der Waals surface area contributed by atoms with E-state index in [4.69, 9.17) is 10.5 Å². The molecule has 0 saturated heterocycles. The van der Waals surface area contributed by atoms with Crippen molar-refractivity contribution in [2.24, 2.45) is 5.73 Å². The number of nitrogens with two attached hydrogens (primary N) is 1. The van der Waals surface area contributed by atoms with Gasteiger partial charge < -0.3 is 10.5 Å². The van der Waals surface area contributed by atoms with Gasteiger partial charge in [-0.05, 0) is 35.4 Å². The Morgan fingerprint density at radius 1 is 1.31 bits per heavy atom. The molecule has 0 aliphatic rings. The largest absolute Gasteiger partial charge is 0.489 e. The van der Waals surface area contributed by atoms with Crippen LogP contribution >= 0.6 is 11.3 Å². The SMILES string of the molecule is Cc1ccc(OCc2ccsc2)c(CN)c1. The molecule has 3 heteroatoms. The molecule has 2 nitrogen and oxygen atoms in total. The third kappa shape index (κ3) is 2.62. The Morgan fingerprint density at radius 2 is 2.19 bits per heavy atom. The summed E-state index contributed by atoms with van der Waals surface area (Å²) >= 11 is 1.68. The first kappa shape index (κ1) is 11.2. The van der Waals surface area contributed by atoms with Crippen LogP contribution in [0.15, 0.2) is 35.0 Å². The smallest absolute Gasteiger partial charge is 0.124 e. The summed E-state index contributed by atoms with van der Waals surface area (Å²) < 4.78 is 5.75. The van der Waals surface area contributed by atoms with Crippen LogP contribution in [-0.4, -0.2) is 0 Å². The number of aryl methyl sites for hydroxylation is 1. The van der Waals surface area contributed by atoms with E-state index in [0.29, 0.717) is 13.2 Å². The lowest BCUT2D eigenvalue weighted by Crippen LogP contribution is -2.02. The molecule has 0 spiro atoms. The maximum Gasteiger partial charge on any atom is 0.124 e. The van der Waals surface area contributed by atoms with E-state index in [1.165, 1.54) is 11.1 Å². The molecule has 2 N–H and O–H groups in total. The quantitative estimate of drug-likeness (QED) is 0.880.